The molecule has 18 heavy (non-hydrogen) atoms. The van der Waals surface area contributed by atoms with Crippen molar-refractivity contribution in [2.75, 3.05) is 6.54 Å². The SMILES string of the molecule is CCC(N)(CC)CNS(=O)(=O)c1cc(C)sc1C. The summed E-state index contributed by atoms with van der Waals surface area (Å²) in [6.07, 6.45) is 1.49. The summed E-state index contributed by atoms with van der Waals surface area (Å²) in [5.41, 5.74) is 5.63. The summed E-state index contributed by atoms with van der Waals surface area (Å²) in [7, 11) is -3.44. The second-order valence-corrected chi connectivity index (χ2v) is 7.87. The van der Waals surface area contributed by atoms with Gasteiger partial charge in [-0.3, -0.25) is 0 Å². The fourth-order valence-electron chi connectivity index (χ4n) is 1.69. The molecule has 0 unspecified atom stereocenters. The highest BCUT2D eigenvalue weighted by Crippen LogP contribution is 2.25. The quantitative estimate of drug-likeness (QED) is 0.843. The van der Waals surface area contributed by atoms with Crippen molar-refractivity contribution in [2.24, 2.45) is 5.73 Å². The Morgan fingerprint density at radius 3 is 2.28 bits per heavy atom. The van der Waals surface area contributed by atoms with Crippen LogP contribution in [0.25, 0.3) is 0 Å². The molecule has 1 rings (SSSR count). The molecule has 3 N–H and O–H groups in total. The number of aryl methyl sites for hydroxylation is 2. The van der Waals surface area contributed by atoms with Gasteiger partial charge in [-0.25, -0.2) is 13.1 Å². The maximum atomic E-state index is 12.2. The first-order valence-corrected chi connectivity index (χ1v) is 8.39. The van der Waals surface area contributed by atoms with Crippen LogP contribution < -0.4 is 10.5 Å². The van der Waals surface area contributed by atoms with Gasteiger partial charge in [0.2, 0.25) is 10.0 Å². The first kappa shape index (κ1) is 15.6. The van der Waals surface area contributed by atoms with Crippen molar-refractivity contribution < 1.29 is 8.42 Å². The molecule has 104 valence electrons. The molecule has 0 saturated heterocycles. The summed E-state index contributed by atoms with van der Waals surface area (Å²) in [4.78, 5) is 2.19. The average Bonchev–Trinajstić information content (AvgIpc) is 2.66. The van der Waals surface area contributed by atoms with Gasteiger partial charge in [-0.05, 0) is 32.8 Å². The highest BCUT2D eigenvalue weighted by Gasteiger charge is 2.25. The van der Waals surface area contributed by atoms with Gasteiger partial charge in [0, 0.05) is 21.8 Å². The van der Waals surface area contributed by atoms with E-state index >= 15 is 0 Å². The van der Waals surface area contributed by atoms with E-state index in [9.17, 15) is 8.42 Å². The molecule has 0 radical (unpaired) electrons. The molecule has 0 fully saturated rings. The Balaban J connectivity index is 2.87. The molecule has 1 aromatic heterocycles. The molecule has 0 bridgehead atoms. The third-order valence-corrected chi connectivity index (χ3v) is 5.93. The van der Waals surface area contributed by atoms with Gasteiger partial charge >= 0.3 is 0 Å². The van der Waals surface area contributed by atoms with E-state index in [0.717, 1.165) is 22.6 Å². The van der Waals surface area contributed by atoms with Crippen molar-refractivity contribution in [3.8, 4) is 0 Å². The van der Waals surface area contributed by atoms with E-state index in [1.54, 1.807) is 6.07 Å². The highest BCUT2D eigenvalue weighted by atomic mass is 32.2. The largest absolute Gasteiger partial charge is 0.324 e. The minimum Gasteiger partial charge on any atom is -0.324 e. The second-order valence-electron chi connectivity index (χ2n) is 4.67. The number of hydrogen-bond acceptors (Lipinski definition) is 4. The van der Waals surface area contributed by atoms with Crippen molar-refractivity contribution in [2.45, 2.75) is 51.0 Å². The van der Waals surface area contributed by atoms with Crippen molar-refractivity contribution in [1.82, 2.24) is 4.72 Å². The van der Waals surface area contributed by atoms with E-state index in [1.165, 1.54) is 11.3 Å². The van der Waals surface area contributed by atoms with Gasteiger partial charge in [0.1, 0.15) is 0 Å². The Hall–Kier alpha value is -0.430. The Kier molecular flexibility index (Phi) is 4.94. The normalized spacial score (nSPS) is 12.9. The Bertz CT molecular complexity index is 502. The molecule has 0 spiro atoms. The van der Waals surface area contributed by atoms with Crippen LogP contribution in [0.1, 0.15) is 36.4 Å². The number of rotatable bonds is 6. The summed E-state index contributed by atoms with van der Waals surface area (Å²) >= 11 is 1.49. The molecule has 0 aromatic carbocycles. The fourth-order valence-corrected chi connectivity index (χ4v) is 4.38. The third kappa shape index (κ3) is 3.54. The lowest BCUT2D eigenvalue weighted by atomic mass is 9.95. The number of nitrogens with two attached hydrogens (primary N) is 1. The van der Waals surface area contributed by atoms with E-state index in [-0.39, 0.29) is 6.54 Å². The fraction of sp³-hybridized carbons (Fsp3) is 0.667. The van der Waals surface area contributed by atoms with Crippen LogP contribution in [0.3, 0.4) is 0 Å². The zero-order valence-corrected chi connectivity index (χ0v) is 13.0. The number of nitrogens with one attached hydrogen (secondary N) is 1. The monoisotopic (exact) mass is 290 g/mol. The number of hydrogen-bond donors (Lipinski definition) is 2. The minimum absolute atomic E-state index is 0.274. The number of sulfonamides is 1. The van der Waals surface area contributed by atoms with E-state index in [2.05, 4.69) is 4.72 Å². The molecule has 0 aliphatic carbocycles. The van der Waals surface area contributed by atoms with Crippen LogP contribution in [0, 0.1) is 13.8 Å². The lowest BCUT2D eigenvalue weighted by molar-refractivity contribution is 0.392. The molecule has 1 aromatic rings. The Labute approximate surface area is 114 Å². The average molecular weight is 290 g/mol. The molecule has 0 atom stereocenters. The van der Waals surface area contributed by atoms with Crippen LogP contribution >= 0.6 is 11.3 Å². The van der Waals surface area contributed by atoms with E-state index < -0.39 is 15.6 Å². The molecule has 6 heteroatoms. The predicted octanol–water partition coefficient (Wildman–Crippen LogP) is 2.16. The summed E-state index contributed by atoms with van der Waals surface area (Å²) < 4.78 is 27.0. The second kappa shape index (κ2) is 5.69. The van der Waals surface area contributed by atoms with E-state index in [0.29, 0.717) is 4.90 Å². The third-order valence-electron chi connectivity index (χ3n) is 3.31. The molecule has 0 aliphatic heterocycles. The Morgan fingerprint density at radius 2 is 1.89 bits per heavy atom. The van der Waals surface area contributed by atoms with Gasteiger partial charge in [-0.1, -0.05) is 13.8 Å². The van der Waals surface area contributed by atoms with Crippen molar-refractivity contribution in [1.29, 1.82) is 0 Å². The van der Waals surface area contributed by atoms with Gasteiger partial charge < -0.3 is 5.73 Å². The van der Waals surface area contributed by atoms with Crippen molar-refractivity contribution in [3.63, 3.8) is 0 Å². The topological polar surface area (TPSA) is 72.2 Å². The maximum Gasteiger partial charge on any atom is 0.241 e. The van der Waals surface area contributed by atoms with Crippen LogP contribution in [-0.4, -0.2) is 20.5 Å². The van der Waals surface area contributed by atoms with E-state index in [4.69, 9.17) is 5.73 Å². The molecular formula is C12H22N2O2S2. The summed E-state index contributed by atoms with van der Waals surface area (Å²) in [5, 5.41) is 0. The van der Waals surface area contributed by atoms with Crippen LogP contribution in [0.4, 0.5) is 0 Å². The first-order valence-electron chi connectivity index (χ1n) is 6.09. The van der Waals surface area contributed by atoms with E-state index in [1.807, 2.05) is 27.7 Å². The zero-order valence-electron chi connectivity index (χ0n) is 11.4. The molecule has 4 nitrogen and oxygen atoms in total. The van der Waals surface area contributed by atoms with Crippen LogP contribution in [0.15, 0.2) is 11.0 Å². The molecule has 1 heterocycles. The lowest BCUT2D eigenvalue weighted by Gasteiger charge is -2.26. The minimum atomic E-state index is -3.44. The van der Waals surface area contributed by atoms with Gasteiger partial charge in [-0.15, -0.1) is 11.3 Å². The molecule has 0 aliphatic rings. The predicted molar refractivity (Wildman–Crippen MR) is 76.5 cm³/mol. The molecule has 0 saturated carbocycles. The van der Waals surface area contributed by atoms with Crippen LogP contribution in [-0.2, 0) is 10.0 Å². The van der Waals surface area contributed by atoms with Crippen LogP contribution in [0.5, 0.6) is 0 Å². The molecule has 0 amide bonds. The van der Waals surface area contributed by atoms with Crippen molar-refractivity contribution in [3.05, 3.63) is 15.8 Å². The van der Waals surface area contributed by atoms with Gasteiger partial charge in [0.05, 0.1) is 4.90 Å². The summed E-state index contributed by atoms with van der Waals surface area (Å²) in [6.45, 7) is 7.94. The Morgan fingerprint density at radius 1 is 1.33 bits per heavy atom. The zero-order chi connectivity index (χ0) is 14.0. The standard InChI is InChI=1S/C12H22N2O2S2/c1-5-12(13,6-2)8-14-18(15,16)11-7-9(3)17-10(11)4/h7,14H,5-6,8,13H2,1-4H3. The summed E-state index contributed by atoms with van der Waals surface area (Å²) in [6, 6.07) is 1.71. The molecular weight excluding hydrogens is 268 g/mol. The van der Waals surface area contributed by atoms with Gasteiger partial charge in [0.15, 0.2) is 0 Å². The van der Waals surface area contributed by atoms with Gasteiger partial charge in [0.25, 0.3) is 0 Å². The smallest absolute Gasteiger partial charge is 0.241 e. The lowest BCUT2D eigenvalue weighted by Crippen LogP contribution is -2.49. The van der Waals surface area contributed by atoms with Crippen LogP contribution in [0.2, 0.25) is 0 Å². The van der Waals surface area contributed by atoms with Gasteiger partial charge in [-0.2, -0.15) is 0 Å². The number of thiophene rings is 1. The highest BCUT2D eigenvalue weighted by molar-refractivity contribution is 7.89. The maximum absolute atomic E-state index is 12.2. The first-order chi connectivity index (χ1) is 8.24. The van der Waals surface area contributed by atoms with Crippen molar-refractivity contribution >= 4 is 21.4 Å². The summed E-state index contributed by atoms with van der Waals surface area (Å²) in [5.74, 6) is 0.